The van der Waals surface area contributed by atoms with E-state index < -0.39 is 22.2 Å². The number of amides is 3. The van der Waals surface area contributed by atoms with E-state index >= 15 is 0 Å². The molecule has 0 spiro atoms. The lowest BCUT2D eigenvalue weighted by molar-refractivity contribution is -0.134. The van der Waals surface area contributed by atoms with E-state index in [1.54, 1.807) is 47.5 Å². The maximum Gasteiger partial charge on any atom is 0.319 e. The van der Waals surface area contributed by atoms with Crippen LogP contribution in [-0.4, -0.2) is 79.6 Å². The quantitative estimate of drug-likeness (QED) is 0.429. The zero-order chi connectivity index (χ0) is 28.9. The average molecular weight is 593 g/mol. The van der Waals surface area contributed by atoms with E-state index in [0.29, 0.717) is 23.5 Å². The lowest BCUT2D eigenvalue weighted by Gasteiger charge is -2.33. The zero-order valence-electron chi connectivity index (χ0n) is 23.3. The van der Waals surface area contributed by atoms with E-state index in [2.05, 4.69) is 10.6 Å². The second kappa shape index (κ2) is 13.3. The van der Waals surface area contributed by atoms with Gasteiger partial charge >= 0.3 is 6.03 Å². The summed E-state index contributed by atoms with van der Waals surface area (Å²) in [6, 6.07) is 7.89. The summed E-state index contributed by atoms with van der Waals surface area (Å²) in [7, 11) is -2.18. The van der Waals surface area contributed by atoms with Crippen LogP contribution in [-0.2, 0) is 21.2 Å². The fourth-order valence-corrected chi connectivity index (χ4v) is 7.62. The Morgan fingerprint density at radius 1 is 1.25 bits per heavy atom. The van der Waals surface area contributed by atoms with Crippen LogP contribution in [0.2, 0.25) is 0 Å². The van der Waals surface area contributed by atoms with Crippen LogP contribution < -0.4 is 15.4 Å². The molecule has 2 aromatic rings. The Balaban J connectivity index is 1.58. The number of aliphatic hydroxyl groups is 1. The molecule has 1 aliphatic carbocycles. The summed E-state index contributed by atoms with van der Waals surface area (Å²) < 4.78 is 34.2. The van der Waals surface area contributed by atoms with Crippen molar-refractivity contribution in [1.82, 2.24) is 14.5 Å². The van der Waals surface area contributed by atoms with Crippen molar-refractivity contribution >= 4 is 39.0 Å². The molecule has 220 valence electrons. The van der Waals surface area contributed by atoms with E-state index in [4.69, 9.17) is 4.74 Å². The smallest absolute Gasteiger partial charge is 0.319 e. The third-order valence-corrected chi connectivity index (χ3v) is 10.9. The minimum absolute atomic E-state index is 0.0161. The van der Waals surface area contributed by atoms with Crippen molar-refractivity contribution < 1.29 is 27.9 Å². The third kappa shape index (κ3) is 7.34. The number of benzene rings is 1. The normalized spacial score (nSPS) is 21.5. The molecule has 0 saturated heterocycles. The van der Waals surface area contributed by atoms with Crippen molar-refractivity contribution in [3.8, 4) is 5.75 Å². The van der Waals surface area contributed by atoms with E-state index in [0.717, 1.165) is 37.0 Å². The molecule has 1 aromatic carbocycles. The summed E-state index contributed by atoms with van der Waals surface area (Å²) >= 11 is 1.15. The van der Waals surface area contributed by atoms with Crippen molar-refractivity contribution in [3.05, 3.63) is 41.3 Å². The molecule has 10 nitrogen and oxygen atoms in total. The molecule has 40 heavy (non-hydrogen) atoms. The molecule has 3 atom stereocenters. The summed E-state index contributed by atoms with van der Waals surface area (Å²) in [5, 5.41) is 17.5. The van der Waals surface area contributed by atoms with Crippen LogP contribution in [0.4, 0.5) is 10.5 Å². The van der Waals surface area contributed by atoms with Crippen LogP contribution in [0.5, 0.6) is 5.75 Å². The van der Waals surface area contributed by atoms with Crippen molar-refractivity contribution in [2.45, 2.75) is 74.8 Å². The lowest BCUT2D eigenvalue weighted by atomic mass is 9.96. The van der Waals surface area contributed by atoms with E-state index in [9.17, 15) is 23.1 Å². The van der Waals surface area contributed by atoms with E-state index in [1.807, 2.05) is 6.92 Å². The molecule has 0 bridgehead atoms. The highest BCUT2D eigenvalue weighted by Gasteiger charge is 2.33. The third-order valence-electron chi connectivity index (χ3n) is 7.71. The number of fused-ring (bicyclic) bond motifs is 1. The number of hydrogen-bond acceptors (Lipinski definition) is 7. The Morgan fingerprint density at radius 2 is 2.00 bits per heavy atom. The predicted octanol–water partition coefficient (Wildman–Crippen LogP) is 3.67. The van der Waals surface area contributed by atoms with Crippen LogP contribution in [0.1, 0.15) is 51.5 Å². The van der Waals surface area contributed by atoms with Gasteiger partial charge in [-0.25, -0.2) is 13.2 Å². The monoisotopic (exact) mass is 592 g/mol. The van der Waals surface area contributed by atoms with Gasteiger partial charge in [-0.15, -0.1) is 11.3 Å². The SMILES string of the molecule is C[C@H](CO)N1C[C@H](C)[C@@H](CN(C)S(=O)(=O)c2cccs2)Oc2ccc(NC(=O)NC3CCCCC3)cc2CC1=O. The van der Waals surface area contributed by atoms with Gasteiger partial charge in [0.05, 0.1) is 25.6 Å². The number of likely N-dealkylation sites (N-methyl/N-ethyl adjacent to an activating group) is 1. The van der Waals surface area contributed by atoms with Crippen molar-refractivity contribution in [2.24, 2.45) is 5.92 Å². The Bertz CT molecular complexity index is 1260. The van der Waals surface area contributed by atoms with E-state index in [-0.39, 0.29) is 47.7 Å². The van der Waals surface area contributed by atoms with Gasteiger partial charge in [0.15, 0.2) is 0 Å². The number of ether oxygens (including phenoxy) is 1. The summed E-state index contributed by atoms with van der Waals surface area (Å²) in [6.07, 6.45) is 4.78. The number of thiophene rings is 1. The first kappa shape index (κ1) is 30.3. The van der Waals surface area contributed by atoms with Crippen LogP contribution in [0.25, 0.3) is 0 Å². The van der Waals surface area contributed by atoms with Gasteiger partial charge in [-0.2, -0.15) is 4.31 Å². The summed E-state index contributed by atoms with van der Waals surface area (Å²) in [5.74, 6) is 0.0371. The molecule has 2 aliphatic rings. The molecule has 1 aromatic heterocycles. The van der Waals surface area contributed by atoms with Crippen LogP contribution >= 0.6 is 11.3 Å². The summed E-state index contributed by atoms with van der Waals surface area (Å²) in [5.41, 5.74) is 1.12. The highest BCUT2D eigenvalue weighted by atomic mass is 32.2. The number of sulfonamides is 1. The van der Waals surface area contributed by atoms with Crippen LogP contribution in [0, 0.1) is 5.92 Å². The Morgan fingerprint density at radius 3 is 2.67 bits per heavy atom. The zero-order valence-corrected chi connectivity index (χ0v) is 25.0. The minimum Gasteiger partial charge on any atom is -0.488 e. The first-order valence-electron chi connectivity index (χ1n) is 13.9. The molecule has 1 aliphatic heterocycles. The second-order valence-electron chi connectivity index (χ2n) is 10.9. The minimum atomic E-state index is -3.71. The molecule has 3 amide bonds. The molecule has 12 heteroatoms. The Labute approximate surface area is 240 Å². The number of nitrogens with zero attached hydrogens (tertiary/aromatic N) is 2. The topological polar surface area (TPSA) is 128 Å². The Kier molecular flexibility index (Phi) is 10.1. The maximum atomic E-state index is 13.4. The largest absolute Gasteiger partial charge is 0.488 e. The molecular weight excluding hydrogens is 552 g/mol. The molecular formula is C28H40N4O6S2. The number of aliphatic hydroxyl groups excluding tert-OH is 1. The highest BCUT2D eigenvalue weighted by Crippen LogP contribution is 2.30. The lowest BCUT2D eigenvalue weighted by Crippen LogP contribution is -2.48. The van der Waals surface area contributed by atoms with Gasteiger partial charge in [-0.3, -0.25) is 4.79 Å². The number of carbonyl (C=O) groups excluding carboxylic acids is 2. The fourth-order valence-electron chi connectivity index (χ4n) is 5.24. The first-order chi connectivity index (χ1) is 19.1. The standard InChI is InChI=1S/C28H40N4O6S2/c1-19-16-32(20(2)18-33)26(34)15-21-14-23(30-28(35)29-22-8-5-4-6-9-22)11-12-24(21)38-25(19)17-31(3)40(36,37)27-10-7-13-39-27/h7,10-14,19-20,22,25,33H,4-6,8-9,15-18H2,1-3H3,(H2,29,30,35)/t19-,20+,25+/m0/s1. The fraction of sp³-hybridized carbons (Fsp3) is 0.571. The van der Waals surface area contributed by atoms with Gasteiger partial charge in [0.2, 0.25) is 5.91 Å². The molecule has 0 radical (unpaired) electrons. The van der Waals surface area contributed by atoms with Gasteiger partial charge in [0.25, 0.3) is 10.0 Å². The number of urea groups is 1. The molecule has 1 saturated carbocycles. The maximum absolute atomic E-state index is 13.4. The number of hydrogen-bond donors (Lipinski definition) is 3. The van der Waals surface area contributed by atoms with Crippen LogP contribution in [0.3, 0.4) is 0 Å². The van der Waals surface area contributed by atoms with Gasteiger partial charge in [0, 0.05) is 36.8 Å². The predicted molar refractivity (Wildman–Crippen MR) is 155 cm³/mol. The molecule has 0 unspecified atom stereocenters. The second-order valence-corrected chi connectivity index (χ2v) is 14.1. The van der Waals surface area contributed by atoms with Gasteiger partial charge in [0.1, 0.15) is 16.1 Å². The molecule has 3 N–H and O–H groups in total. The number of rotatable bonds is 8. The highest BCUT2D eigenvalue weighted by molar-refractivity contribution is 7.91. The van der Waals surface area contributed by atoms with Gasteiger partial charge < -0.3 is 25.4 Å². The average Bonchev–Trinajstić information content (AvgIpc) is 3.49. The number of nitrogens with one attached hydrogen (secondary N) is 2. The number of carbonyl (C=O) groups is 2. The molecule has 1 fully saturated rings. The van der Waals surface area contributed by atoms with Gasteiger partial charge in [-0.1, -0.05) is 32.3 Å². The summed E-state index contributed by atoms with van der Waals surface area (Å²) in [6.45, 7) is 3.85. The Hall–Kier alpha value is -2.67. The molecule has 4 rings (SSSR count). The number of anilines is 1. The van der Waals surface area contributed by atoms with Crippen molar-refractivity contribution in [2.75, 3.05) is 32.1 Å². The van der Waals surface area contributed by atoms with Crippen molar-refractivity contribution in [3.63, 3.8) is 0 Å². The van der Waals surface area contributed by atoms with Gasteiger partial charge in [-0.05, 0) is 49.4 Å². The first-order valence-corrected chi connectivity index (χ1v) is 16.2. The van der Waals surface area contributed by atoms with Crippen molar-refractivity contribution in [1.29, 1.82) is 0 Å². The summed E-state index contributed by atoms with van der Waals surface area (Å²) in [4.78, 5) is 27.7. The molecule has 2 heterocycles. The van der Waals surface area contributed by atoms with Crippen LogP contribution in [0.15, 0.2) is 39.9 Å². The van der Waals surface area contributed by atoms with E-state index in [1.165, 1.54) is 17.8 Å².